The second-order valence-electron chi connectivity index (χ2n) is 5.38. The van der Waals surface area contributed by atoms with Gasteiger partial charge in [-0.15, -0.1) is 0 Å². The van der Waals surface area contributed by atoms with Gasteiger partial charge in [-0.1, -0.05) is 52.6 Å². The van der Waals surface area contributed by atoms with Gasteiger partial charge in [0.2, 0.25) is 0 Å². The summed E-state index contributed by atoms with van der Waals surface area (Å²) in [4.78, 5) is 10.5. The van der Waals surface area contributed by atoms with E-state index in [2.05, 4.69) is 10.5 Å². The van der Waals surface area contributed by atoms with Crippen LogP contribution in [0, 0.1) is 0 Å². The number of anilines is 1. The normalized spacial score (nSPS) is 10.8. The molecule has 26 heavy (non-hydrogen) atoms. The molecule has 0 saturated carbocycles. The van der Waals surface area contributed by atoms with Crippen LogP contribution in [0.1, 0.15) is 6.92 Å². The highest BCUT2D eigenvalue weighted by atomic mass is 35.5. The van der Waals surface area contributed by atoms with Gasteiger partial charge in [-0.05, 0) is 31.2 Å². The smallest absolute Gasteiger partial charge is 0.257 e. The van der Waals surface area contributed by atoms with E-state index in [9.17, 15) is 4.79 Å². The lowest BCUT2D eigenvalue weighted by atomic mass is 10.1. The summed E-state index contributed by atoms with van der Waals surface area (Å²) in [6.45, 7) is 2.49. The molecular weight excluding hydrogens is 375 g/mol. The van der Waals surface area contributed by atoms with E-state index in [0.717, 1.165) is 16.9 Å². The van der Waals surface area contributed by atoms with Crippen molar-refractivity contribution in [3.05, 3.63) is 54.6 Å². The third-order valence-electron chi connectivity index (χ3n) is 3.59. The van der Waals surface area contributed by atoms with Gasteiger partial charge < -0.3 is 14.6 Å². The molecule has 3 aromatic rings. The number of rotatable bonds is 6. The fourth-order valence-electron chi connectivity index (χ4n) is 2.44. The monoisotopic (exact) mass is 390 g/mol. The summed E-state index contributed by atoms with van der Waals surface area (Å²) in [6, 6.07) is 16.6. The maximum Gasteiger partial charge on any atom is 0.257 e. The van der Waals surface area contributed by atoms with Crippen molar-refractivity contribution in [1.82, 2.24) is 5.16 Å². The summed E-state index contributed by atoms with van der Waals surface area (Å²) in [5.74, 6) is 0.816. The third kappa shape index (κ3) is 4.18. The van der Waals surface area contributed by atoms with E-state index in [4.69, 9.17) is 32.5 Å². The summed E-state index contributed by atoms with van der Waals surface area (Å²) >= 11 is 11.1. The number of amides is 1. The first-order chi connectivity index (χ1) is 12.6. The van der Waals surface area contributed by atoms with Gasteiger partial charge in [0.1, 0.15) is 11.4 Å². The topological polar surface area (TPSA) is 64.4 Å². The van der Waals surface area contributed by atoms with Crippen LogP contribution in [0.25, 0.3) is 22.6 Å². The van der Waals surface area contributed by atoms with Gasteiger partial charge in [0.05, 0.1) is 6.61 Å². The molecule has 0 bridgehead atoms. The van der Waals surface area contributed by atoms with E-state index in [-0.39, 0.29) is 0 Å². The van der Waals surface area contributed by atoms with Crippen LogP contribution < -0.4 is 10.1 Å². The summed E-state index contributed by atoms with van der Waals surface area (Å²) < 4.78 is 11.1. The van der Waals surface area contributed by atoms with Crippen LogP contribution in [0.3, 0.4) is 0 Å². The van der Waals surface area contributed by atoms with Gasteiger partial charge >= 0.3 is 0 Å². The fourth-order valence-corrected chi connectivity index (χ4v) is 2.55. The zero-order valence-corrected chi connectivity index (χ0v) is 15.4. The van der Waals surface area contributed by atoms with Crippen molar-refractivity contribution in [3.63, 3.8) is 0 Å². The number of aromatic nitrogens is 1. The molecule has 0 aliphatic rings. The minimum absolute atomic E-state index is 0.491. The Kier molecular flexibility index (Phi) is 5.81. The number of para-hydroxylation sites is 1. The molecule has 1 N–H and O–H groups in total. The maximum absolute atomic E-state index is 11.6. The van der Waals surface area contributed by atoms with Gasteiger partial charge in [-0.3, -0.25) is 4.79 Å². The lowest BCUT2D eigenvalue weighted by Crippen LogP contribution is -2.18. The van der Waals surface area contributed by atoms with Crippen molar-refractivity contribution in [2.24, 2.45) is 0 Å². The molecule has 0 aliphatic heterocycles. The second-order valence-corrected chi connectivity index (χ2v) is 6.47. The van der Waals surface area contributed by atoms with Crippen LogP contribution in [-0.2, 0) is 4.79 Å². The first kappa shape index (κ1) is 18.3. The highest BCUT2D eigenvalue weighted by molar-refractivity contribution is 6.54. The summed E-state index contributed by atoms with van der Waals surface area (Å²) in [7, 11) is 0. The molecule has 1 heterocycles. The van der Waals surface area contributed by atoms with E-state index in [1.807, 2.05) is 43.3 Å². The van der Waals surface area contributed by atoms with E-state index < -0.39 is 10.7 Å². The number of hydrogen-bond acceptors (Lipinski definition) is 4. The summed E-state index contributed by atoms with van der Waals surface area (Å²) in [5, 5.41) is 6.77. The molecule has 0 unspecified atom stereocenters. The molecule has 0 aliphatic carbocycles. The Balaban J connectivity index is 1.88. The Morgan fingerprint density at radius 1 is 1.19 bits per heavy atom. The number of carbonyl (C=O) groups excluding carboxylic acids is 1. The van der Waals surface area contributed by atoms with E-state index in [0.29, 0.717) is 23.7 Å². The number of hydrogen-bond donors (Lipinski definition) is 1. The van der Waals surface area contributed by atoms with Crippen molar-refractivity contribution in [3.8, 4) is 28.3 Å². The molecule has 0 atom stereocenters. The Morgan fingerprint density at radius 2 is 2.00 bits per heavy atom. The zero-order valence-electron chi connectivity index (χ0n) is 13.9. The van der Waals surface area contributed by atoms with Crippen molar-refractivity contribution in [2.75, 3.05) is 11.9 Å². The minimum Gasteiger partial charge on any atom is -0.493 e. The molecule has 0 fully saturated rings. The average Bonchev–Trinajstić information content (AvgIpc) is 3.12. The van der Waals surface area contributed by atoms with Crippen molar-refractivity contribution < 1.29 is 14.1 Å². The van der Waals surface area contributed by atoms with E-state index in [1.165, 1.54) is 0 Å². The van der Waals surface area contributed by atoms with E-state index >= 15 is 0 Å². The molecule has 1 amide bonds. The number of alkyl halides is 2. The molecule has 0 spiro atoms. The number of ether oxygens (including phenoxy) is 1. The van der Waals surface area contributed by atoms with Gasteiger partial charge in [-0.2, -0.15) is 0 Å². The summed E-state index contributed by atoms with van der Waals surface area (Å²) in [6.07, 6.45) is 0. The lowest BCUT2D eigenvalue weighted by Gasteiger charge is -2.07. The molecular formula is C19H16Cl2N2O3. The zero-order chi connectivity index (χ0) is 18.5. The number of halogens is 2. The van der Waals surface area contributed by atoms with Gasteiger partial charge in [0.25, 0.3) is 5.91 Å². The van der Waals surface area contributed by atoms with Gasteiger partial charge in [0, 0.05) is 22.9 Å². The molecule has 1 aromatic heterocycles. The first-order valence-corrected chi connectivity index (χ1v) is 8.84. The largest absolute Gasteiger partial charge is 0.493 e. The van der Waals surface area contributed by atoms with Gasteiger partial charge in [-0.25, -0.2) is 0 Å². The molecule has 5 nitrogen and oxygen atoms in total. The van der Waals surface area contributed by atoms with Crippen LogP contribution in [0.2, 0.25) is 0 Å². The molecule has 134 valence electrons. The quantitative estimate of drug-likeness (QED) is 0.591. The minimum atomic E-state index is -1.13. The van der Waals surface area contributed by atoms with Crippen LogP contribution in [0.15, 0.2) is 59.1 Å². The second kappa shape index (κ2) is 8.25. The fraction of sp³-hybridized carbons (Fsp3) is 0.158. The predicted octanol–water partition coefficient (Wildman–Crippen LogP) is 5.15. The summed E-state index contributed by atoms with van der Waals surface area (Å²) in [5.41, 5.74) is 2.84. The van der Waals surface area contributed by atoms with Crippen LogP contribution in [0.4, 0.5) is 5.69 Å². The maximum atomic E-state index is 11.6. The lowest BCUT2D eigenvalue weighted by molar-refractivity contribution is -0.114. The van der Waals surface area contributed by atoms with Crippen LogP contribution in [0.5, 0.6) is 5.75 Å². The Bertz CT molecular complexity index is 909. The molecule has 7 heteroatoms. The Hall–Kier alpha value is -2.50. The number of nitrogens with zero attached hydrogens (tertiary/aromatic N) is 1. The van der Waals surface area contributed by atoms with Crippen molar-refractivity contribution in [2.45, 2.75) is 11.8 Å². The molecule has 0 radical (unpaired) electrons. The number of nitrogens with one attached hydrogen (secondary N) is 1. The SMILES string of the molecule is CCOc1ccccc1-c1cc(-c2cccc(NC(=O)C(Cl)Cl)c2)on1. The van der Waals surface area contributed by atoms with Gasteiger partial charge in [0.15, 0.2) is 10.6 Å². The third-order valence-corrected chi connectivity index (χ3v) is 3.98. The highest BCUT2D eigenvalue weighted by Crippen LogP contribution is 2.32. The predicted molar refractivity (Wildman–Crippen MR) is 103 cm³/mol. The molecule has 0 saturated heterocycles. The number of benzene rings is 2. The first-order valence-electron chi connectivity index (χ1n) is 7.97. The number of carbonyl (C=O) groups is 1. The van der Waals surface area contributed by atoms with Crippen molar-refractivity contribution >= 4 is 34.8 Å². The van der Waals surface area contributed by atoms with Crippen LogP contribution >= 0.6 is 23.2 Å². The van der Waals surface area contributed by atoms with Crippen molar-refractivity contribution in [1.29, 1.82) is 0 Å². The Morgan fingerprint density at radius 3 is 2.77 bits per heavy atom. The van der Waals surface area contributed by atoms with Crippen LogP contribution in [-0.4, -0.2) is 22.5 Å². The molecule has 2 aromatic carbocycles. The van der Waals surface area contributed by atoms with E-state index in [1.54, 1.807) is 18.2 Å². The highest BCUT2D eigenvalue weighted by Gasteiger charge is 2.14. The molecule has 3 rings (SSSR count). The standard InChI is InChI=1S/C19H16Cl2N2O3/c1-2-25-16-9-4-3-8-14(16)15-11-17(26-23-15)12-6-5-7-13(10-12)22-19(24)18(20)21/h3-11,18H,2H2,1H3,(H,22,24). The average molecular weight is 391 g/mol. The Labute approximate surface area is 160 Å².